The second-order valence-electron chi connectivity index (χ2n) is 7.22. The Bertz CT molecular complexity index is 1180. The first-order chi connectivity index (χ1) is 14.1. The van der Waals surface area contributed by atoms with Crippen molar-refractivity contribution in [3.05, 3.63) is 87.0 Å². The first-order valence-electron chi connectivity index (χ1n) is 9.10. The summed E-state index contributed by atoms with van der Waals surface area (Å²) >= 11 is 0. The highest BCUT2D eigenvalue weighted by atomic mass is 19.4. The molecule has 0 aliphatic carbocycles. The molecule has 30 heavy (non-hydrogen) atoms. The largest absolute Gasteiger partial charge is 0.416 e. The highest BCUT2D eigenvalue weighted by Gasteiger charge is 2.36. The average molecular weight is 421 g/mol. The van der Waals surface area contributed by atoms with Gasteiger partial charge >= 0.3 is 6.18 Å². The number of aromatic nitrogens is 2. The number of fused-ring (bicyclic) bond motifs is 1. The van der Waals surface area contributed by atoms with Gasteiger partial charge in [-0.1, -0.05) is 12.1 Å². The molecular weight excluding hydrogens is 405 g/mol. The van der Waals surface area contributed by atoms with Gasteiger partial charge < -0.3 is 5.43 Å². The zero-order chi connectivity index (χ0) is 21.8. The van der Waals surface area contributed by atoms with E-state index in [2.05, 4.69) is 10.4 Å². The molecule has 0 saturated carbocycles. The summed E-state index contributed by atoms with van der Waals surface area (Å²) in [5.41, 5.74) is 2.45. The summed E-state index contributed by atoms with van der Waals surface area (Å²) in [6.45, 7) is 3.25. The van der Waals surface area contributed by atoms with Gasteiger partial charge in [0.05, 0.1) is 23.2 Å². The number of rotatable bonds is 2. The molecule has 0 radical (unpaired) electrons. The van der Waals surface area contributed by atoms with Crippen LogP contribution < -0.4 is 11.0 Å². The van der Waals surface area contributed by atoms with Crippen molar-refractivity contribution in [2.24, 2.45) is 0 Å². The lowest BCUT2D eigenvalue weighted by molar-refractivity contribution is -0.137. The Hall–Kier alpha value is -3.23. The van der Waals surface area contributed by atoms with E-state index in [9.17, 15) is 26.7 Å². The molecule has 0 saturated heterocycles. The number of nitrogens with one attached hydrogen (secondary N) is 1. The van der Waals surface area contributed by atoms with Gasteiger partial charge in [0.2, 0.25) is 0 Å². The first-order valence-corrected chi connectivity index (χ1v) is 9.10. The van der Waals surface area contributed by atoms with E-state index in [4.69, 9.17) is 0 Å². The Kier molecular flexibility index (Phi) is 4.63. The molecule has 9 heteroatoms. The lowest BCUT2D eigenvalue weighted by Crippen LogP contribution is -2.31. The maximum absolute atomic E-state index is 14.3. The van der Waals surface area contributed by atoms with Gasteiger partial charge in [-0.05, 0) is 43.7 Å². The zero-order valence-corrected chi connectivity index (χ0v) is 15.9. The van der Waals surface area contributed by atoms with Gasteiger partial charge in [0.1, 0.15) is 17.5 Å². The molecule has 3 aromatic rings. The second kappa shape index (κ2) is 6.93. The van der Waals surface area contributed by atoms with Crippen LogP contribution in [0.2, 0.25) is 0 Å². The molecule has 1 aliphatic heterocycles. The van der Waals surface area contributed by atoms with E-state index in [1.807, 2.05) is 0 Å². The lowest BCUT2D eigenvalue weighted by atomic mass is 9.92. The Labute approximate surface area is 168 Å². The summed E-state index contributed by atoms with van der Waals surface area (Å²) in [5.74, 6) is -1.91. The lowest BCUT2D eigenvalue weighted by Gasteiger charge is -2.16. The normalized spacial score (nSPS) is 18.2. The Morgan fingerprint density at radius 2 is 1.73 bits per heavy atom. The molecule has 0 bridgehead atoms. The molecule has 2 unspecified atom stereocenters. The monoisotopic (exact) mass is 421 g/mol. The molecular formula is C21H16F5N3O. The fourth-order valence-corrected chi connectivity index (χ4v) is 3.72. The predicted octanol–water partition coefficient (Wildman–Crippen LogP) is 4.59. The van der Waals surface area contributed by atoms with Gasteiger partial charge in [-0.2, -0.15) is 13.2 Å². The van der Waals surface area contributed by atoms with Crippen LogP contribution in [0.1, 0.15) is 35.4 Å². The highest BCUT2D eigenvalue weighted by molar-refractivity contribution is 5.63. The van der Waals surface area contributed by atoms with E-state index >= 15 is 0 Å². The topological polar surface area (TPSA) is 46.9 Å². The number of hydrogen-bond donors (Lipinski definition) is 1. The first kappa shape index (κ1) is 20.1. The fraction of sp³-hybridized carbons (Fsp3) is 0.238. The second-order valence-corrected chi connectivity index (χ2v) is 7.22. The van der Waals surface area contributed by atoms with E-state index in [1.165, 1.54) is 29.8 Å². The maximum Gasteiger partial charge on any atom is 0.416 e. The van der Waals surface area contributed by atoms with E-state index in [1.54, 1.807) is 6.92 Å². The van der Waals surface area contributed by atoms with Crippen molar-refractivity contribution in [3.8, 4) is 11.3 Å². The van der Waals surface area contributed by atoms with Gasteiger partial charge in [0, 0.05) is 17.2 Å². The number of benzene rings is 2. The Morgan fingerprint density at radius 1 is 1.07 bits per heavy atom. The molecule has 1 N–H and O–H groups in total. The highest BCUT2D eigenvalue weighted by Crippen LogP contribution is 2.35. The minimum absolute atomic E-state index is 0.0277. The number of halogens is 5. The van der Waals surface area contributed by atoms with Gasteiger partial charge in [-0.3, -0.25) is 4.79 Å². The number of hydrogen-bond acceptors (Lipinski definition) is 3. The van der Waals surface area contributed by atoms with Crippen LogP contribution in [0, 0.1) is 18.6 Å². The molecule has 2 aromatic carbocycles. The summed E-state index contributed by atoms with van der Waals surface area (Å²) in [6, 6.07) is 7.24. The predicted molar refractivity (Wildman–Crippen MR) is 101 cm³/mol. The molecule has 0 fully saturated rings. The van der Waals surface area contributed by atoms with Crippen molar-refractivity contribution in [1.29, 1.82) is 0 Å². The quantitative estimate of drug-likeness (QED) is 0.616. The van der Waals surface area contributed by atoms with Crippen LogP contribution >= 0.6 is 0 Å². The third kappa shape index (κ3) is 3.24. The standard InChI is InChI=1S/C21H16F5N3O/c1-10-18(15-8-7-14(22)9-16(15)23)27-19-17(11(2)28-29(19)20(10)30)12-3-5-13(6-4-12)21(24,25)26/h3-9,11,17,28H,1-2H3. The molecule has 156 valence electrons. The third-order valence-electron chi connectivity index (χ3n) is 5.23. The number of nitrogens with zero attached hydrogens (tertiary/aromatic N) is 2. The van der Waals surface area contributed by atoms with Crippen LogP contribution in [0.15, 0.2) is 47.3 Å². The Balaban J connectivity index is 1.86. The number of alkyl halides is 3. The van der Waals surface area contributed by atoms with Crippen molar-refractivity contribution < 1.29 is 22.0 Å². The summed E-state index contributed by atoms with van der Waals surface area (Å²) in [4.78, 5) is 17.3. The molecule has 4 nitrogen and oxygen atoms in total. The van der Waals surface area contributed by atoms with Crippen LogP contribution in [0.5, 0.6) is 0 Å². The van der Waals surface area contributed by atoms with Gasteiger partial charge in [0.15, 0.2) is 0 Å². The van der Waals surface area contributed by atoms with Gasteiger partial charge in [-0.15, -0.1) is 0 Å². The van der Waals surface area contributed by atoms with Crippen molar-refractivity contribution in [2.45, 2.75) is 32.0 Å². The summed E-state index contributed by atoms with van der Waals surface area (Å²) in [6.07, 6.45) is -4.46. The summed E-state index contributed by atoms with van der Waals surface area (Å²) < 4.78 is 67.5. The summed E-state index contributed by atoms with van der Waals surface area (Å²) in [5, 5.41) is 0. The van der Waals surface area contributed by atoms with E-state index in [-0.39, 0.29) is 28.7 Å². The van der Waals surface area contributed by atoms with E-state index < -0.39 is 34.9 Å². The molecule has 0 amide bonds. The summed E-state index contributed by atoms with van der Waals surface area (Å²) in [7, 11) is 0. The van der Waals surface area contributed by atoms with E-state index in [0.29, 0.717) is 11.6 Å². The molecule has 2 heterocycles. The molecule has 1 aromatic heterocycles. The van der Waals surface area contributed by atoms with Crippen LogP contribution in [-0.2, 0) is 6.18 Å². The molecule has 4 rings (SSSR count). The van der Waals surface area contributed by atoms with Crippen molar-refractivity contribution in [1.82, 2.24) is 9.66 Å². The molecule has 1 aliphatic rings. The minimum atomic E-state index is -4.46. The van der Waals surface area contributed by atoms with Crippen molar-refractivity contribution in [2.75, 3.05) is 5.43 Å². The molecule has 2 atom stereocenters. The minimum Gasteiger partial charge on any atom is -0.318 e. The third-order valence-corrected chi connectivity index (χ3v) is 5.23. The van der Waals surface area contributed by atoms with Crippen molar-refractivity contribution >= 4 is 0 Å². The smallest absolute Gasteiger partial charge is 0.318 e. The van der Waals surface area contributed by atoms with E-state index in [0.717, 1.165) is 18.2 Å². The average Bonchev–Trinajstić information content (AvgIpc) is 3.01. The van der Waals surface area contributed by atoms with Crippen molar-refractivity contribution in [3.63, 3.8) is 0 Å². The van der Waals surface area contributed by atoms with Gasteiger partial charge in [-0.25, -0.2) is 18.4 Å². The zero-order valence-electron chi connectivity index (χ0n) is 15.9. The van der Waals surface area contributed by atoms with Crippen LogP contribution in [-0.4, -0.2) is 15.7 Å². The SMILES string of the molecule is Cc1c(-c2ccc(F)cc2F)nc2n(c1=O)NC(C)C2c1ccc(C(F)(F)F)cc1. The maximum atomic E-state index is 14.3. The Morgan fingerprint density at radius 3 is 2.33 bits per heavy atom. The van der Waals surface area contributed by atoms with Crippen LogP contribution in [0.3, 0.4) is 0 Å². The van der Waals surface area contributed by atoms with Crippen LogP contribution in [0.25, 0.3) is 11.3 Å². The molecule has 0 spiro atoms. The van der Waals surface area contributed by atoms with Crippen LogP contribution in [0.4, 0.5) is 22.0 Å². The fourth-order valence-electron chi connectivity index (χ4n) is 3.72. The van der Waals surface area contributed by atoms with Gasteiger partial charge in [0.25, 0.3) is 5.56 Å².